The molecular formula is C22H20ClF4NO7. The van der Waals surface area contributed by atoms with Gasteiger partial charge in [0.15, 0.2) is 6.23 Å². The van der Waals surface area contributed by atoms with E-state index in [1.54, 1.807) is 0 Å². The zero-order chi connectivity index (χ0) is 25.9. The first kappa shape index (κ1) is 25.6. The molecule has 4 N–H and O–H groups in total. The molecule has 0 aliphatic carbocycles. The monoisotopic (exact) mass is 521 g/mol. The van der Waals surface area contributed by atoms with Crippen LogP contribution in [-0.4, -0.2) is 70.7 Å². The number of rotatable bonds is 4. The third kappa shape index (κ3) is 3.94. The summed E-state index contributed by atoms with van der Waals surface area (Å²) in [6, 6.07) is 5.58. The summed E-state index contributed by atoms with van der Waals surface area (Å²) < 4.78 is 67.9. The lowest BCUT2D eigenvalue weighted by molar-refractivity contribution is -0.228. The van der Waals surface area contributed by atoms with Gasteiger partial charge in [0, 0.05) is 16.1 Å². The van der Waals surface area contributed by atoms with Crippen molar-refractivity contribution in [1.29, 1.82) is 0 Å². The first-order valence-corrected chi connectivity index (χ1v) is 10.6. The molecule has 0 radical (unpaired) electrons. The topological polar surface area (TPSA) is 120 Å². The van der Waals surface area contributed by atoms with Gasteiger partial charge in [0.25, 0.3) is 5.91 Å². The van der Waals surface area contributed by atoms with Crippen LogP contribution in [0.5, 0.6) is 5.75 Å². The number of carbonyl (C=O) groups excluding carboxylic acids is 1. The Morgan fingerprint density at radius 3 is 2.37 bits per heavy atom. The number of hydrogen-bond donors (Lipinski definition) is 4. The molecule has 8 nitrogen and oxygen atoms in total. The first-order chi connectivity index (χ1) is 16.4. The summed E-state index contributed by atoms with van der Waals surface area (Å²) in [5.74, 6) is -1.59. The second-order valence-corrected chi connectivity index (χ2v) is 8.56. The van der Waals surface area contributed by atoms with Crippen LogP contribution in [0.2, 0.25) is 5.02 Å². The fourth-order valence-electron chi connectivity index (χ4n) is 4.35. The van der Waals surface area contributed by atoms with Gasteiger partial charge in [0.2, 0.25) is 5.67 Å². The number of halogens is 5. The van der Waals surface area contributed by atoms with Crippen LogP contribution in [0, 0.1) is 0 Å². The summed E-state index contributed by atoms with van der Waals surface area (Å²) in [6.07, 6.45) is -14.2. The Morgan fingerprint density at radius 2 is 1.77 bits per heavy atom. The van der Waals surface area contributed by atoms with E-state index in [-0.39, 0.29) is 10.8 Å². The number of fused-ring (bicyclic) bond motifs is 1. The van der Waals surface area contributed by atoms with Crippen LogP contribution in [0.1, 0.15) is 16.7 Å². The van der Waals surface area contributed by atoms with E-state index in [1.165, 1.54) is 19.2 Å². The molecule has 2 aromatic carbocycles. The van der Waals surface area contributed by atoms with Crippen LogP contribution in [-0.2, 0) is 21.4 Å². The highest BCUT2D eigenvalue weighted by atomic mass is 35.5. The zero-order valence-electron chi connectivity index (χ0n) is 17.9. The van der Waals surface area contributed by atoms with E-state index < -0.39 is 77.4 Å². The van der Waals surface area contributed by atoms with Gasteiger partial charge in [0.1, 0.15) is 30.2 Å². The number of benzene rings is 2. The fourth-order valence-corrected chi connectivity index (χ4v) is 4.52. The predicted octanol–water partition coefficient (Wildman–Crippen LogP) is 1.73. The largest absolute Gasteiger partial charge is 0.496 e. The molecule has 0 aromatic heterocycles. The van der Waals surface area contributed by atoms with Crippen LogP contribution in [0.4, 0.5) is 23.2 Å². The van der Waals surface area contributed by atoms with Gasteiger partial charge in [-0.15, -0.1) is 0 Å². The van der Waals surface area contributed by atoms with Gasteiger partial charge in [-0.05, 0) is 30.3 Å². The average Bonchev–Trinajstić information content (AvgIpc) is 3.04. The van der Waals surface area contributed by atoms with Crippen LogP contribution in [0.3, 0.4) is 0 Å². The summed E-state index contributed by atoms with van der Waals surface area (Å²) in [4.78, 5) is 14.1. The number of aliphatic hydroxyl groups is 4. The Bertz CT molecular complexity index is 1150. The van der Waals surface area contributed by atoms with E-state index in [9.17, 15) is 38.4 Å². The van der Waals surface area contributed by atoms with Crippen molar-refractivity contribution in [2.45, 2.75) is 42.5 Å². The number of methoxy groups -OCH3 is 1. The fraction of sp³-hybridized carbons (Fsp3) is 0.409. The minimum absolute atomic E-state index is 0.00498. The van der Waals surface area contributed by atoms with Crippen LogP contribution >= 0.6 is 11.6 Å². The molecule has 2 aliphatic rings. The molecule has 0 spiro atoms. The van der Waals surface area contributed by atoms with E-state index in [1.807, 2.05) is 0 Å². The van der Waals surface area contributed by atoms with Crippen LogP contribution in [0.15, 0.2) is 36.4 Å². The third-order valence-corrected chi connectivity index (χ3v) is 6.36. The van der Waals surface area contributed by atoms with E-state index >= 15 is 4.39 Å². The van der Waals surface area contributed by atoms with Crippen molar-refractivity contribution in [2.24, 2.45) is 0 Å². The highest BCUT2D eigenvalue weighted by Gasteiger charge is 2.60. The Morgan fingerprint density at radius 1 is 1.09 bits per heavy atom. The van der Waals surface area contributed by atoms with Gasteiger partial charge < -0.3 is 29.9 Å². The molecule has 1 saturated heterocycles. The van der Waals surface area contributed by atoms with Gasteiger partial charge in [-0.2, -0.15) is 13.2 Å². The number of anilines is 1. The lowest BCUT2D eigenvalue weighted by Crippen LogP contribution is -2.64. The quantitative estimate of drug-likeness (QED) is 0.452. The van der Waals surface area contributed by atoms with Gasteiger partial charge >= 0.3 is 6.18 Å². The summed E-state index contributed by atoms with van der Waals surface area (Å²) >= 11 is 6.01. The molecule has 0 bridgehead atoms. The van der Waals surface area contributed by atoms with Crippen molar-refractivity contribution >= 4 is 23.2 Å². The van der Waals surface area contributed by atoms with Crippen molar-refractivity contribution in [3.05, 3.63) is 58.1 Å². The Kier molecular flexibility index (Phi) is 6.49. The number of hydrogen-bond acceptors (Lipinski definition) is 7. The molecule has 13 heteroatoms. The number of aliphatic hydroxyl groups excluding tert-OH is 4. The highest BCUT2D eigenvalue weighted by Crippen LogP contribution is 2.53. The molecule has 190 valence electrons. The van der Waals surface area contributed by atoms with Crippen molar-refractivity contribution in [3.8, 4) is 5.75 Å². The second-order valence-electron chi connectivity index (χ2n) is 8.13. The van der Waals surface area contributed by atoms with Crippen molar-refractivity contribution in [1.82, 2.24) is 0 Å². The number of ether oxygens (including phenoxy) is 2. The lowest BCUT2D eigenvalue weighted by Gasteiger charge is -2.43. The van der Waals surface area contributed by atoms with Gasteiger partial charge in [-0.25, -0.2) is 4.39 Å². The molecule has 6 atom stereocenters. The normalized spacial score (nSPS) is 31.0. The minimum atomic E-state index is -4.87. The molecule has 0 saturated carbocycles. The Balaban J connectivity index is 1.95. The minimum Gasteiger partial charge on any atom is -0.496 e. The van der Waals surface area contributed by atoms with E-state index in [0.29, 0.717) is 17.0 Å². The average molecular weight is 522 g/mol. The molecule has 4 rings (SSSR count). The molecule has 1 fully saturated rings. The molecule has 2 aromatic rings. The van der Waals surface area contributed by atoms with Gasteiger partial charge in [0.05, 0.1) is 25.0 Å². The summed E-state index contributed by atoms with van der Waals surface area (Å²) in [5.41, 5.74) is -5.88. The SMILES string of the molecule is COc1ccc(Cl)cc1C1(F)C(=O)N(C2OC(CO)C(O)C(O)C2O)c2cc(C(F)(F)F)ccc21. The summed E-state index contributed by atoms with van der Waals surface area (Å²) in [5, 5.41) is 40.3. The maximum Gasteiger partial charge on any atom is 0.416 e. The lowest BCUT2D eigenvalue weighted by atomic mass is 9.88. The summed E-state index contributed by atoms with van der Waals surface area (Å²) in [6.45, 7) is -0.873. The van der Waals surface area contributed by atoms with Gasteiger partial charge in [-0.3, -0.25) is 9.69 Å². The predicted molar refractivity (Wildman–Crippen MR) is 113 cm³/mol. The maximum atomic E-state index is 16.9. The first-order valence-electron chi connectivity index (χ1n) is 10.2. The van der Waals surface area contributed by atoms with Crippen LogP contribution < -0.4 is 9.64 Å². The standard InChI is InChI=1S/C22H20ClF4NO7/c1-34-14-5-3-10(23)7-12(14)21(24)11-4-2-9(22(25,26)27)6-13(11)28(20(21)33)19-18(32)17(31)16(30)15(8-29)35-19/h2-7,15-19,29-32H,8H2,1H3. The van der Waals surface area contributed by atoms with Crippen molar-refractivity contribution < 1.29 is 52.3 Å². The third-order valence-electron chi connectivity index (χ3n) is 6.12. The number of amides is 1. The molecular weight excluding hydrogens is 502 g/mol. The van der Waals surface area contributed by atoms with Crippen LogP contribution in [0.25, 0.3) is 0 Å². The summed E-state index contributed by atoms with van der Waals surface area (Å²) in [7, 11) is 1.19. The Hall–Kier alpha value is -2.48. The molecule has 1 amide bonds. The smallest absolute Gasteiger partial charge is 0.416 e. The molecule has 35 heavy (non-hydrogen) atoms. The van der Waals surface area contributed by atoms with E-state index in [2.05, 4.69) is 0 Å². The maximum absolute atomic E-state index is 16.9. The number of nitrogens with zero attached hydrogens (tertiary/aromatic N) is 1. The van der Waals surface area contributed by atoms with E-state index in [0.717, 1.165) is 12.1 Å². The second kappa shape index (κ2) is 8.87. The number of carbonyl (C=O) groups is 1. The molecule has 2 heterocycles. The number of alkyl halides is 4. The highest BCUT2D eigenvalue weighted by molar-refractivity contribution is 6.30. The van der Waals surface area contributed by atoms with E-state index in [4.69, 9.17) is 21.1 Å². The van der Waals surface area contributed by atoms with Crippen molar-refractivity contribution in [3.63, 3.8) is 0 Å². The molecule has 6 unspecified atom stereocenters. The zero-order valence-corrected chi connectivity index (χ0v) is 18.7. The Labute approximate surface area is 200 Å². The van der Waals surface area contributed by atoms with Crippen molar-refractivity contribution in [2.75, 3.05) is 18.6 Å². The van der Waals surface area contributed by atoms with Gasteiger partial charge in [-0.1, -0.05) is 17.7 Å². The molecule has 2 aliphatic heterocycles.